The van der Waals surface area contributed by atoms with Gasteiger partial charge < -0.3 is 30.3 Å². The van der Waals surface area contributed by atoms with Crippen molar-refractivity contribution in [1.82, 2.24) is 19.8 Å². The summed E-state index contributed by atoms with van der Waals surface area (Å²) in [6.07, 6.45) is 2.84. The number of rotatable bonds is 10. The second-order valence-electron chi connectivity index (χ2n) is 9.68. The number of aromatic nitrogens is 2. The van der Waals surface area contributed by atoms with Crippen molar-refractivity contribution in [2.24, 2.45) is 5.92 Å². The molecule has 12 heteroatoms. The summed E-state index contributed by atoms with van der Waals surface area (Å²) in [6.45, 7) is 4.21. The van der Waals surface area contributed by atoms with Gasteiger partial charge in [0.25, 0.3) is 0 Å². The molecule has 202 valence electrons. The van der Waals surface area contributed by atoms with Crippen molar-refractivity contribution in [3.05, 3.63) is 41.2 Å². The maximum absolute atomic E-state index is 12.3. The van der Waals surface area contributed by atoms with E-state index >= 15 is 0 Å². The lowest BCUT2D eigenvalue weighted by atomic mass is 10.0. The molecule has 1 amide bonds. The fourth-order valence-electron chi connectivity index (χ4n) is 4.45. The standard InChI is InChI=1S/C26H34N8O4/c1-32-7-8-34(25(36)16-32)15-19-3-4-24(30-22(19)17-35)33(2)26(37)31-23-11-21(20(12-27)14-29-23)28-13-18-5-9-38-10-6-18/h3-4,11,14,17-18,26,37H,5-10,13,15-16H2,1-2H3,(H2,28,29,31). The Balaban J connectivity index is 1.41. The van der Waals surface area contributed by atoms with E-state index in [-0.39, 0.29) is 11.6 Å². The zero-order valence-corrected chi connectivity index (χ0v) is 21.8. The first-order valence-corrected chi connectivity index (χ1v) is 12.7. The van der Waals surface area contributed by atoms with Crippen LogP contribution >= 0.6 is 0 Å². The van der Waals surface area contributed by atoms with Crippen molar-refractivity contribution < 1.29 is 19.4 Å². The van der Waals surface area contributed by atoms with Crippen LogP contribution in [0.25, 0.3) is 0 Å². The van der Waals surface area contributed by atoms with E-state index in [4.69, 9.17) is 4.74 Å². The van der Waals surface area contributed by atoms with Crippen LogP contribution in [0.5, 0.6) is 0 Å². The molecule has 0 radical (unpaired) electrons. The molecule has 2 fully saturated rings. The third kappa shape index (κ3) is 6.74. The molecular formula is C26H34N8O4. The minimum absolute atomic E-state index is 0.00736. The Morgan fingerprint density at radius 3 is 2.84 bits per heavy atom. The zero-order chi connectivity index (χ0) is 27.1. The minimum Gasteiger partial charge on any atom is -0.384 e. The normalized spacial score (nSPS) is 17.5. The molecule has 1 atom stereocenters. The second-order valence-corrected chi connectivity index (χ2v) is 9.68. The number of carbonyl (C=O) groups is 2. The van der Waals surface area contributed by atoms with Crippen LogP contribution in [-0.2, 0) is 16.1 Å². The summed E-state index contributed by atoms with van der Waals surface area (Å²) in [5.74, 6) is 1.21. The first kappa shape index (κ1) is 27.3. The lowest BCUT2D eigenvalue weighted by molar-refractivity contribution is -0.136. The van der Waals surface area contributed by atoms with Crippen LogP contribution in [0.3, 0.4) is 0 Å². The Labute approximate surface area is 222 Å². The third-order valence-electron chi connectivity index (χ3n) is 6.93. The van der Waals surface area contributed by atoms with Crippen LogP contribution in [0.2, 0.25) is 0 Å². The first-order chi connectivity index (χ1) is 18.4. The number of nitrogens with zero attached hydrogens (tertiary/aromatic N) is 6. The molecule has 2 aliphatic heterocycles. The Kier molecular flexibility index (Phi) is 9.06. The number of hydrogen-bond acceptors (Lipinski definition) is 11. The van der Waals surface area contributed by atoms with Gasteiger partial charge in [-0.1, -0.05) is 6.07 Å². The van der Waals surface area contributed by atoms with E-state index in [1.54, 1.807) is 30.1 Å². The second kappa shape index (κ2) is 12.6. The van der Waals surface area contributed by atoms with Crippen molar-refractivity contribution in [2.45, 2.75) is 25.7 Å². The van der Waals surface area contributed by atoms with Gasteiger partial charge in [0.05, 0.1) is 17.8 Å². The van der Waals surface area contributed by atoms with E-state index in [0.29, 0.717) is 66.8 Å². The summed E-state index contributed by atoms with van der Waals surface area (Å²) in [4.78, 5) is 37.9. The summed E-state index contributed by atoms with van der Waals surface area (Å²) < 4.78 is 5.41. The summed E-state index contributed by atoms with van der Waals surface area (Å²) >= 11 is 0. The number of carbonyl (C=O) groups excluding carboxylic acids is 2. The number of aliphatic hydroxyl groups excluding tert-OH is 1. The number of aliphatic hydroxyl groups is 1. The third-order valence-corrected chi connectivity index (χ3v) is 6.93. The van der Waals surface area contributed by atoms with Crippen LogP contribution < -0.4 is 15.5 Å². The molecule has 2 aromatic heterocycles. The number of ether oxygens (including phenoxy) is 1. The summed E-state index contributed by atoms with van der Waals surface area (Å²) in [5, 5.41) is 26.5. The monoisotopic (exact) mass is 522 g/mol. The number of amides is 1. The van der Waals surface area contributed by atoms with Crippen molar-refractivity contribution in [3.63, 3.8) is 0 Å². The van der Waals surface area contributed by atoms with Gasteiger partial charge in [-0.15, -0.1) is 0 Å². The molecule has 4 heterocycles. The van der Waals surface area contributed by atoms with E-state index in [1.165, 1.54) is 11.1 Å². The SMILES string of the molecule is CN1CCN(Cc2ccc(N(C)C(O)Nc3cc(NCC4CCOCC4)c(C#N)cn3)nc2C=O)C(=O)C1. The molecule has 3 N–H and O–H groups in total. The summed E-state index contributed by atoms with van der Waals surface area (Å²) in [7, 11) is 3.53. The van der Waals surface area contributed by atoms with Crippen LogP contribution in [0.1, 0.15) is 34.5 Å². The highest BCUT2D eigenvalue weighted by Crippen LogP contribution is 2.23. The number of hydrogen-bond donors (Lipinski definition) is 3. The Hall–Kier alpha value is -3.79. The molecule has 2 aliphatic rings. The Morgan fingerprint density at radius 1 is 1.34 bits per heavy atom. The molecule has 2 saturated heterocycles. The van der Waals surface area contributed by atoms with Crippen LogP contribution in [0.15, 0.2) is 24.4 Å². The Bertz CT molecular complexity index is 1180. The number of anilines is 3. The smallest absolute Gasteiger partial charge is 0.237 e. The fourth-order valence-corrected chi connectivity index (χ4v) is 4.45. The Morgan fingerprint density at radius 2 is 2.13 bits per heavy atom. The van der Waals surface area contributed by atoms with Gasteiger partial charge in [-0.2, -0.15) is 5.26 Å². The van der Waals surface area contributed by atoms with Gasteiger partial charge in [-0.05, 0) is 31.9 Å². The predicted octanol–water partition coefficient (Wildman–Crippen LogP) is 1.10. The molecular weight excluding hydrogens is 488 g/mol. The van der Waals surface area contributed by atoms with Gasteiger partial charge in [-0.25, -0.2) is 9.97 Å². The highest BCUT2D eigenvalue weighted by molar-refractivity contribution is 5.80. The van der Waals surface area contributed by atoms with Crippen molar-refractivity contribution >= 4 is 29.5 Å². The first-order valence-electron chi connectivity index (χ1n) is 12.7. The van der Waals surface area contributed by atoms with E-state index in [0.717, 1.165) is 32.6 Å². The number of piperazine rings is 1. The molecule has 0 aliphatic carbocycles. The molecule has 0 bridgehead atoms. The van der Waals surface area contributed by atoms with Crippen molar-refractivity contribution in [2.75, 3.05) is 69.0 Å². The highest BCUT2D eigenvalue weighted by Gasteiger charge is 2.23. The fraction of sp³-hybridized carbons (Fsp3) is 0.500. The highest BCUT2D eigenvalue weighted by atomic mass is 16.5. The maximum Gasteiger partial charge on any atom is 0.237 e. The number of aldehydes is 1. The molecule has 4 rings (SSSR count). The van der Waals surface area contributed by atoms with Crippen LogP contribution in [0, 0.1) is 17.2 Å². The van der Waals surface area contributed by atoms with Gasteiger partial charge in [0, 0.05) is 64.3 Å². The number of pyridine rings is 2. The van der Waals surface area contributed by atoms with Gasteiger partial charge >= 0.3 is 0 Å². The molecule has 1 unspecified atom stereocenters. The van der Waals surface area contributed by atoms with Gasteiger partial charge in [0.15, 0.2) is 6.29 Å². The van der Waals surface area contributed by atoms with E-state index in [1.807, 2.05) is 11.9 Å². The van der Waals surface area contributed by atoms with Gasteiger partial charge in [0.1, 0.15) is 23.4 Å². The van der Waals surface area contributed by atoms with E-state index in [2.05, 4.69) is 26.7 Å². The minimum atomic E-state index is -1.21. The van der Waals surface area contributed by atoms with Crippen LogP contribution in [-0.4, -0.2) is 96.9 Å². The number of nitrogens with one attached hydrogen (secondary N) is 2. The van der Waals surface area contributed by atoms with Crippen LogP contribution in [0.4, 0.5) is 17.3 Å². The largest absolute Gasteiger partial charge is 0.384 e. The van der Waals surface area contributed by atoms with Gasteiger partial charge in [0.2, 0.25) is 12.3 Å². The van der Waals surface area contributed by atoms with Crippen molar-refractivity contribution in [1.29, 1.82) is 5.26 Å². The summed E-state index contributed by atoms with van der Waals surface area (Å²) in [5.41, 5.74) is 1.91. The maximum atomic E-state index is 12.3. The molecule has 0 saturated carbocycles. The van der Waals surface area contributed by atoms with Crippen molar-refractivity contribution in [3.8, 4) is 6.07 Å². The molecule has 38 heavy (non-hydrogen) atoms. The number of likely N-dealkylation sites (N-methyl/N-ethyl adjacent to an activating group) is 1. The average Bonchev–Trinajstić information content (AvgIpc) is 2.93. The average molecular weight is 523 g/mol. The van der Waals surface area contributed by atoms with E-state index < -0.39 is 6.35 Å². The zero-order valence-electron chi connectivity index (χ0n) is 21.8. The lowest BCUT2D eigenvalue weighted by Gasteiger charge is -2.32. The summed E-state index contributed by atoms with van der Waals surface area (Å²) in [6, 6.07) is 7.28. The molecule has 12 nitrogen and oxygen atoms in total. The molecule has 2 aromatic rings. The topological polar surface area (TPSA) is 147 Å². The lowest BCUT2D eigenvalue weighted by Crippen LogP contribution is -2.48. The molecule has 0 aromatic carbocycles. The van der Waals surface area contributed by atoms with Gasteiger partial charge in [-0.3, -0.25) is 14.5 Å². The molecule has 0 spiro atoms. The quantitative estimate of drug-likeness (QED) is 0.304. The predicted molar refractivity (Wildman–Crippen MR) is 142 cm³/mol. The number of nitriles is 1. The van der Waals surface area contributed by atoms with E-state index in [9.17, 15) is 20.0 Å².